The van der Waals surface area contributed by atoms with Crippen molar-refractivity contribution in [3.63, 3.8) is 0 Å². The summed E-state index contributed by atoms with van der Waals surface area (Å²) in [5, 5.41) is 10.7. The molecule has 0 N–H and O–H groups in total. The third kappa shape index (κ3) is 5.27. The van der Waals surface area contributed by atoms with E-state index in [1.165, 1.54) is 17.7 Å². The molecule has 0 saturated carbocycles. The summed E-state index contributed by atoms with van der Waals surface area (Å²) in [4.78, 5) is 12.7. The maximum absolute atomic E-state index is 10.7. The molecule has 1 heterocycles. The molecular weight excluding hydrogens is 320 g/mol. The Hall–Kier alpha value is -2.44. The molecule has 0 amide bonds. The van der Waals surface area contributed by atoms with E-state index in [9.17, 15) is 10.1 Å². The van der Waals surface area contributed by atoms with Gasteiger partial charge in [0.1, 0.15) is 11.5 Å². The Bertz CT molecular complexity index is 680. The van der Waals surface area contributed by atoms with E-state index in [4.69, 9.17) is 9.47 Å². The van der Waals surface area contributed by atoms with Crippen LogP contribution in [0.2, 0.25) is 0 Å². The van der Waals surface area contributed by atoms with Crippen LogP contribution in [-0.4, -0.2) is 42.7 Å². The Morgan fingerprint density at radius 1 is 1.00 bits per heavy atom. The average Bonchev–Trinajstić information content (AvgIpc) is 2.64. The van der Waals surface area contributed by atoms with Gasteiger partial charge in [-0.1, -0.05) is 12.1 Å². The van der Waals surface area contributed by atoms with Gasteiger partial charge in [0.25, 0.3) is 5.69 Å². The Morgan fingerprint density at radius 3 is 2.20 bits per heavy atom. The van der Waals surface area contributed by atoms with E-state index in [0.29, 0.717) is 5.75 Å². The van der Waals surface area contributed by atoms with Crippen molar-refractivity contribution in [2.24, 2.45) is 0 Å². The van der Waals surface area contributed by atoms with Crippen LogP contribution in [0.5, 0.6) is 11.5 Å². The predicted octanol–water partition coefficient (Wildman–Crippen LogP) is 3.65. The molecule has 1 aliphatic heterocycles. The van der Waals surface area contributed by atoms with Crippen LogP contribution >= 0.6 is 0 Å². The Kier molecular flexibility index (Phi) is 5.98. The summed E-state index contributed by atoms with van der Waals surface area (Å²) in [6.07, 6.45) is 2.16. The van der Waals surface area contributed by atoms with Crippen LogP contribution in [0.4, 0.5) is 5.69 Å². The van der Waals surface area contributed by atoms with Crippen molar-refractivity contribution in [2.45, 2.75) is 12.8 Å². The Labute approximate surface area is 147 Å². The van der Waals surface area contributed by atoms with Crippen molar-refractivity contribution < 1.29 is 14.4 Å². The van der Waals surface area contributed by atoms with Gasteiger partial charge in [0.2, 0.25) is 0 Å². The number of rotatable bonds is 7. The summed E-state index contributed by atoms with van der Waals surface area (Å²) in [5.74, 6) is 1.32. The molecule has 3 rings (SSSR count). The fourth-order valence-electron chi connectivity index (χ4n) is 2.83. The molecule has 0 aromatic heterocycles. The first-order valence-electron chi connectivity index (χ1n) is 8.52. The van der Waals surface area contributed by atoms with Gasteiger partial charge in [-0.15, -0.1) is 0 Å². The molecule has 6 heteroatoms. The van der Waals surface area contributed by atoms with Crippen LogP contribution in [0.3, 0.4) is 0 Å². The largest absolute Gasteiger partial charge is 0.457 e. The highest BCUT2D eigenvalue weighted by molar-refractivity contribution is 5.39. The van der Waals surface area contributed by atoms with Gasteiger partial charge in [0, 0.05) is 25.2 Å². The SMILES string of the molecule is O=[N+]([O-])c1ccc(Oc2ccc(CCCN3CCOCC3)cc2)cc1. The molecule has 0 radical (unpaired) electrons. The maximum atomic E-state index is 10.7. The van der Waals surface area contributed by atoms with E-state index < -0.39 is 4.92 Å². The molecule has 1 aliphatic rings. The van der Waals surface area contributed by atoms with E-state index in [1.807, 2.05) is 12.1 Å². The number of non-ortho nitro benzene ring substituents is 1. The molecule has 2 aromatic rings. The number of nitrogens with zero attached hydrogens (tertiary/aromatic N) is 2. The first-order chi connectivity index (χ1) is 12.2. The normalized spacial score (nSPS) is 15.0. The van der Waals surface area contributed by atoms with E-state index in [-0.39, 0.29) is 5.69 Å². The highest BCUT2D eigenvalue weighted by atomic mass is 16.6. The van der Waals surface area contributed by atoms with Gasteiger partial charge >= 0.3 is 0 Å². The lowest BCUT2D eigenvalue weighted by Crippen LogP contribution is -2.36. The van der Waals surface area contributed by atoms with Crippen molar-refractivity contribution in [1.82, 2.24) is 4.90 Å². The van der Waals surface area contributed by atoms with Gasteiger partial charge < -0.3 is 9.47 Å². The zero-order chi connectivity index (χ0) is 17.5. The summed E-state index contributed by atoms with van der Waals surface area (Å²) < 4.78 is 11.1. The van der Waals surface area contributed by atoms with Gasteiger partial charge in [-0.25, -0.2) is 0 Å². The molecular formula is C19H22N2O4. The maximum Gasteiger partial charge on any atom is 0.269 e. The number of aryl methyl sites for hydroxylation is 1. The van der Waals surface area contributed by atoms with Crippen LogP contribution in [0.1, 0.15) is 12.0 Å². The second kappa shape index (κ2) is 8.60. The molecule has 132 valence electrons. The standard InChI is InChI=1S/C19H22N2O4/c22-21(23)17-5-9-19(10-6-17)25-18-7-3-16(4-8-18)2-1-11-20-12-14-24-15-13-20/h3-10H,1-2,11-15H2. The zero-order valence-corrected chi connectivity index (χ0v) is 14.1. The summed E-state index contributed by atoms with van der Waals surface area (Å²) in [6, 6.07) is 14.1. The van der Waals surface area contributed by atoms with Crippen LogP contribution in [0.15, 0.2) is 48.5 Å². The molecule has 0 unspecified atom stereocenters. The van der Waals surface area contributed by atoms with Crippen molar-refractivity contribution in [3.8, 4) is 11.5 Å². The van der Waals surface area contributed by atoms with Crippen LogP contribution < -0.4 is 4.74 Å². The van der Waals surface area contributed by atoms with E-state index >= 15 is 0 Å². The van der Waals surface area contributed by atoms with Crippen molar-refractivity contribution >= 4 is 5.69 Å². The number of benzene rings is 2. The van der Waals surface area contributed by atoms with Gasteiger partial charge in [-0.2, -0.15) is 0 Å². The van der Waals surface area contributed by atoms with E-state index in [1.54, 1.807) is 12.1 Å². The monoisotopic (exact) mass is 342 g/mol. The molecule has 1 fully saturated rings. The lowest BCUT2D eigenvalue weighted by Gasteiger charge is -2.26. The first-order valence-corrected chi connectivity index (χ1v) is 8.52. The van der Waals surface area contributed by atoms with E-state index in [0.717, 1.165) is 51.4 Å². The molecule has 25 heavy (non-hydrogen) atoms. The van der Waals surface area contributed by atoms with Crippen molar-refractivity contribution in [1.29, 1.82) is 0 Å². The summed E-state index contributed by atoms with van der Waals surface area (Å²) >= 11 is 0. The lowest BCUT2D eigenvalue weighted by molar-refractivity contribution is -0.384. The predicted molar refractivity (Wildman–Crippen MR) is 95.2 cm³/mol. The van der Waals surface area contributed by atoms with Crippen molar-refractivity contribution in [3.05, 3.63) is 64.2 Å². The molecule has 2 aromatic carbocycles. The van der Waals surface area contributed by atoms with E-state index in [2.05, 4.69) is 17.0 Å². The van der Waals surface area contributed by atoms with Crippen LogP contribution in [0.25, 0.3) is 0 Å². The number of hydrogen-bond donors (Lipinski definition) is 0. The number of nitro benzene ring substituents is 1. The Balaban J connectivity index is 1.47. The van der Waals surface area contributed by atoms with Crippen LogP contribution in [0, 0.1) is 10.1 Å². The van der Waals surface area contributed by atoms with Gasteiger partial charge in [0.05, 0.1) is 18.1 Å². The van der Waals surface area contributed by atoms with Gasteiger partial charge in [0.15, 0.2) is 0 Å². The fraction of sp³-hybridized carbons (Fsp3) is 0.368. The number of hydrogen-bond acceptors (Lipinski definition) is 5. The van der Waals surface area contributed by atoms with Gasteiger partial charge in [-0.05, 0) is 49.2 Å². The molecule has 0 aliphatic carbocycles. The minimum atomic E-state index is -0.421. The lowest BCUT2D eigenvalue weighted by atomic mass is 10.1. The third-order valence-corrected chi connectivity index (χ3v) is 4.25. The smallest absolute Gasteiger partial charge is 0.269 e. The average molecular weight is 342 g/mol. The molecule has 0 spiro atoms. The first kappa shape index (κ1) is 17.4. The highest BCUT2D eigenvalue weighted by Gasteiger charge is 2.09. The minimum absolute atomic E-state index is 0.0583. The summed E-state index contributed by atoms with van der Waals surface area (Å²) in [7, 11) is 0. The molecule has 0 bridgehead atoms. The summed E-state index contributed by atoms with van der Waals surface area (Å²) in [5.41, 5.74) is 1.34. The number of morpholine rings is 1. The quantitative estimate of drug-likeness (QED) is 0.568. The highest BCUT2D eigenvalue weighted by Crippen LogP contribution is 2.24. The Morgan fingerprint density at radius 2 is 1.60 bits per heavy atom. The topological polar surface area (TPSA) is 64.8 Å². The fourth-order valence-corrected chi connectivity index (χ4v) is 2.83. The minimum Gasteiger partial charge on any atom is -0.457 e. The number of nitro groups is 1. The van der Waals surface area contributed by atoms with Crippen molar-refractivity contribution in [2.75, 3.05) is 32.8 Å². The second-order valence-electron chi connectivity index (χ2n) is 6.05. The van der Waals surface area contributed by atoms with Crippen LogP contribution in [-0.2, 0) is 11.2 Å². The molecule has 0 atom stereocenters. The third-order valence-electron chi connectivity index (χ3n) is 4.25. The number of ether oxygens (including phenoxy) is 2. The van der Waals surface area contributed by atoms with Gasteiger partial charge in [-0.3, -0.25) is 15.0 Å². The summed E-state index contributed by atoms with van der Waals surface area (Å²) in [6.45, 7) is 4.85. The molecule has 6 nitrogen and oxygen atoms in total. The zero-order valence-electron chi connectivity index (χ0n) is 14.1. The second-order valence-corrected chi connectivity index (χ2v) is 6.05. The molecule has 1 saturated heterocycles.